The number of primary amides is 1. The van der Waals surface area contributed by atoms with Crippen LogP contribution < -0.4 is 5.73 Å². The molecule has 1 fully saturated rings. The number of benzene rings is 1. The number of hydrogen-bond acceptors (Lipinski definition) is 5. The molecule has 1 aromatic carbocycles. The number of aromatic nitrogens is 1. The van der Waals surface area contributed by atoms with Crippen LogP contribution in [0.1, 0.15) is 33.8 Å². The van der Waals surface area contributed by atoms with E-state index in [1.807, 2.05) is 30.3 Å². The van der Waals surface area contributed by atoms with Gasteiger partial charge in [0.25, 0.3) is 5.91 Å². The number of carbonyl (C=O) groups is 1. The maximum atomic E-state index is 11.5. The molecular weight excluding hydrogens is 296 g/mol. The Kier molecular flexibility index (Phi) is 5.05. The summed E-state index contributed by atoms with van der Waals surface area (Å²) < 4.78 is 16.4. The van der Waals surface area contributed by atoms with Gasteiger partial charge in [-0.3, -0.25) is 4.79 Å². The standard InChI is InChI=1S/C17H20N2O4/c18-17(20)16-14(8-13-6-7-21-10-13)15(23-19-16)11-22-9-12-4-2-1-3-5-12/h1-5,13H,6-11H2,(H2,18,20)/t13-/m1/s1. The molecule has 1 aliphatic rings. The largest absolute Gasteiger partial charge is 0.381 e. The van der Waals surface area contributed by atoms with Gasteiger partial charge in [-0.15, -0.1) is 0 Å². The van der Waals surface area contributed by atoms with Crippen LogP contribution in [0.4, 0.5) is 0 Å². The van der Waals surface area contributed by atoms with Gasteiger partial charge in [-0.1, -0.05) is 35.5 Å². The van der Waals surface area contributed by atoms with Crippen molar-refractivity contribution in [3.63, 3.8) is 0 Å². The SMILES string of the molecule is NC(=O)c1noc(COCc2ccccc2)c1C[C@H]1CCOC1. The fourth-order valence-electron chi connectivity index (χ4n) is 2.73. The number of ether oxygens (including phenoxy) is 2. The molecule has 23 heavy (non-hydrogen) atoms. The van der Waals surface area contributed by atoms with E-state index in [0.29, 0.717) is 31.3 Å². The predicted octanol–water partition coefficient (Wildman–Crippen LogP) is 2.07. The number of nitrogens with two attached hydrogens (primary N) is 1. The van der Waals surface area contributed by atoms with Crippen molar-refractivity contribution >= 4 is 5.91 Å². The van der Waals surface area contributed by atoms with Crippen LogP contribution in [0.25, 0.3) is 0 Å². The van der Waals surface area contributed by atoms with E-state index in [0.717, 1.165) is 24.2 Å². The maximum absolute atomic E-state index is 11.5. The second-order valence-electron chi connectivity index (χ2n) is 5.71. The Bertz CT molecular complexity index is 648. The maximum Gasteiger partial charge on any atom is 0.271 e. The van der Waals surface area contributed by atoms with Crippen LogP contribution in [-0.2, 0) is 29.1 Å². The highest BCUT2D eigenvalue weighted by molar-refractivity contribution is 5.92. The minimum Gasteiger partial charge on any atom is -0.381 e. The van der Waals surface area contributed by atoms with Crippen LogP contribution in [0.2, 0.25) is 0 Å². The van der Waals surface area contributed by atoms with E-state index >= 15 is 0 Å². The molecule has 2 N–H and O–H groups in total. The van der Waals surface area contributed by atoms with E-state index in [2.05, 4.69) is 5.16 Å². The second kappa shape index (κ2) is 7.39. The second-order valence-corrected chi connectivity index (χ2v) is 5.71. The third-order valence-electron chi connectivity index (χ3n) is 3.96. The summed E-state index contributed by atoms with van der Waals surface area (Å²) in [7, 11) is 0. The summed E-state index contributed by atoms with van der Waals surface area (Å²) in [6.45, 7) is 2.17. The smallest absolute Gasteiger partial charge is 0.271 e. The minimum atomic E-state index is -0.572. The van der Waals surface area contributed by atoms with E-state index in [1.54, 1.807) is 0 Å². The zero-order chi connectivity index (χ0) is 16.1. The lowest BCUT2D eigenvalue weighted by atomic mass is 9.97. The van der Waals surface area contributed by atoms with Crippen molar-refractivity contribution in [2.24, 2.45) is 11.7 Å². The van der Waals surface area contributed by atoms with Crippen molar-refractivity contribution in [2.45, 2.75) is 26.1 Å². The number of rotatable bonds is 7. The molecule has 1 atom stereocenters. The highest BCUT2D eigenvalue weighted by atomic mass is 16.5. The molecule has 0 saturated carbocycles. The normalized spacial score (nSPS) is 17.5. The lowest BCUT2D eigenvalue weighted by Gasteiger charge is -2.08. The number of hydrogen-bond donors (Lipinski definition) is 1. The summed E-state index contributed by atoms with van der Waals surface area (Å²) in [6, 6.07) is 9.87. The average Bonchev–Trinajstić information content (AvgIpc) is 3.19. The predicted molar refractivity (Wildman–Crippen MR) is 82.6 cm³/mol. The first kappa shape index (κ1) is 15.7. The Balaban J connectivity index is 1.66. The Labute approximate surface area is 134 Å². The Hall–Kier alpha value is -2.18. The molecule has 3 rings (SSSR count). The molecule has 1 saturated heterocycles. The Morgan fingerprint density at radius 3 is 2.83 bits per heavy atom. The minimum absolute atomic E-state index is 0.204. The molecule has 1 aromatic heterocycles. The van der Waals surface area contributed by atoms with Gasteiger partial charge in [0.05, 0.1) is 6.61 Å². The molecule has 0 spiro atoms. The lowest BCUT2D eigenvalue weighted by molar-refractivity contribution is 0.0872. The Morgan fingerprint density at radius 2 is 2.13 bits per heavy atom. The fourth-order valence-corrected chi connectivity index (χ4v) is 2.73. The molecule has 0 radical (unpaired) electrons. The molecule has 2 aromatic rings. The van der Waals surface area contributed by atoms with Gasteiger partial charge in [-0.05, 0) is 24.3 Å². The van der Waals surface area contributed by atoms with E-state index < -0.39 is 5.91 Å². The van der Waals surface area contributed by atoms with E-state index in [1.165, 1.54) is 0 Å². The fraction of sp³-hybridized carbons (Fsp3) is 0.412. The van der Waals surface area contributed by atoms with Crippen LogP contribution in [0, 0.1) is 5.92 Å². The van der Waals surface area contributed by atoms with Gasteiger partial charge in [0.1, 0.15) is 6.61 Å². The summed E-state index contributed by atoms with van der Waals surface area (Å²) in [5, 5.41) is 3.81. The first-order valence-electron chi connectivity index (χ1n) is 7.70. The van der Waals surface area contributed by atoms with Gasteiger partial charge >= 0.3 is 0 Å². The van der Waals surface area contributed by atoms with Crippen molar-refractivity contribution in [1.29, 1.82) is 0 Å². The van der Waals surface area contributed by atoms with Gasteiger partial charge < -0.3 is 19.7 Å². The van der Waals surface area contributed by atoms with Gasteiger partial charge in [0, 0.05) is 18.8 Å². The van der Waals surface area contributed by atoms with Crippen LogP contribution >= 0.6 is 0 Å². The summed E-state index contributed by atoms with van der Waals surface area (Å²) >= 11 is 0. The van der Waals surface area contributed by atoms with Crippen molar-refractivity contribution in [3.05, 3.63) is 52.9 Å². The van der Waals surface area contributed by atoms with E-state index in [4.69, 9.17) is 19.7 Å². The van der Waals surface area contributed by atoms with Crippen LogP contribution in [0.15, 0.2) is 34.9 Å². The monoisotopic (exact) mass is 316 g/mol. The zero-order valence-electron chi connectivity index (χ0n) is 12.9. The molecule has 122 valence electrons. The first-order chi connectivity index (χ1) is 11.2. The Morgan fingerprint density at radius 1 is 1.30 bits per heavy atom. The van der Waals surface area contributed by atoms with Crippen LogP contribution in [0.3, 0.4) is 0 Å². The molecule has 2 heterocycles. The van der Waals surface area contributed by atoms with E-state index in [-0.39, 0.29) is 12.3 Å². The summed E-state index contributed by atoms with van der Waals surface area (Å²) in [5.74, 6) is 0.360. The van der Waals surface area contributed by atoms with E-state index in [9.17, 15) is 4.79 Å². The topological polar surface area (TPSA) is 87.6 Å². The molecule has 6 nitrogen and oxygen atoms in total. The lowest BCUT2D eigenvalue weighted by Crippen LogP contribution is -2.16. The van der Waals surface area contributed by atoms with Crippen LogP contribution in [-0.4, -0.2) is 24.3 Å². The summed E-state index contributed by atoms with van der Waals surface area (Å²) in [4.78, 5) is 11.5. The number of amides is 1. The molecule has 0 bridgehead atoms. The van der Waals surface area contributed by atoms with Gasteiger partial charge in [0.15, 0.2) is 11.5 Å². The average molecular weight is 316 g/mol. The quantitative estimate of drug-likeness (QED) is 0.845. The van der Waals surface area contributed by atoms with Gasteiger partial charge in [-0.25, -0.2) is 0 Å². The highest BCUT2D eigenvalue weighted by Gasteiger charge is 2.25. The number of nitrogens with zero attached hydrogens (tertiary/aromatic N) is 1. The third kappa shape index (κ3) is 3.97. The summed E-state index contributed by atoms with van der Waals surface area (Å²) in [5.41, 5.74) is 7.42. The summed E-state index contributed by atoms with van der Waals surface area (Å²) in [6.07, 6.45) is 1.64. The van der Waals surface area contributed by atoms with Gasteiger partial charge in [0.2, 0.25) is 0 Å². The molecule has 1 amide bonds. The highest BCUT2D eigenvalue weighted by Crippen LogP contribution is 2.24. The first-order valence-corrected chi connectivity index (χ1v) is 7.70. The van der Waals surface area contributed by atoms with Crippen molar-refractivity contribution in [2.75, 3.05) is 13.2 Å². The molecule has 0 aliphatic carbocycles. The molecule has 6 heteroatoms. The van der Waals surface area contributed by atoms with Crippen molar-refractivity contribution in [1.82, 2.24) is 5.16 Å². The zero-order valence-corrected chi connectivity index (χ0v) is 12.9. The number of carbonyl (C=O) groups excluding carboxylic acids is 1. The van der Waals surface area contributed by atoms with Crippen molar-refractivity contribution in [3.8, 4) is 0 Å². The van der Waals surface area contributed by atoms with Crippen molar-refractivity contribution < 1.29 is 18.8 Å². The molecule has 0 unspecified atom stereocenters. The molecule has 1 aliphatic heterocycles. The van der Waals surface area contributed by atoms with Gasteiger partial charge in [-0.2, -0.15) is 0 Å². The molecular formula is C17H20N2O4. The van der Waals surface area contributed by atoms with Crippen LogP contribution in [0.5, 0.6) is 0 Å². The third-order valence-corrected chi connectivity index (χ3v) is 3.96.